The van der Waals surface area contributed by atoms with Gasteiger partial charge >= 0.3 is 0 Å². The molecule has 0 spiro atoms. The number of halogens is 2. The van der Waals surface area contributed by atoms with Crippen LogP contribution in [-0.2, 0) is 13.0 Å². The van der Waals surface area contributed by atoms with Crippen molar-refractivity contribution >= 4 is 40.8 Å². The molecule has 0 aliphatic rings. The van der Waals surface area contributed by atoms with E-state index in [1.165, 1.54) is 11.6 Å². The molecule has 2 aromatic carbocycles. The molecule has 0 atom stereocenters. The van der Waals surface area contributed by atoms with Crippen molar-refractivity contribution in [1.29, 1.82) is 0 Å². The summed E-state index contributed by atoms with van der Waals surface area (Å²) < 4.78 is 13.5. The molecule has 2 N–H and O–H groups in total. The lowest BCUT2D eigenvalue weighted by atomic mass is 10.1. The Morgan fingerprint density at radius 2 is 1.96 bits per heavy atom. The Hall–Kier alpha value is -2.09. The number of aromatic amines is 1. The quantitative estimate of drug-likeness (QED) is 0.337. The summed E-state index contributed by atoms with van der Waals surface area (Å²) >= 11 is 0. The molecule has 1 heterocycles. The molecule has 26 heavy (non-hydrogen) atoms. The van der Waals surface area contributed by atoms with Crippen LogP contribution in [0.25, 0.3) is 10.9 Å². The van der Waals surface area contributed by atoms with Crippen LogP contribution in [0, 0.1) is 5.82 Å². The molecule has 0 bridgehead atoms. The number of H-pyrrole nitrogens is 1. The molecule has 0 fully saturated rings. The van der Waals surface area contributed by atoms with E-state index < -0.39 is 0 Å². The smallest absolute Gasteiger partial charge is 0.193 e. The van der Waals surface area contributed by atoms with Crippen molar-refractivity contribution in [3.8, 4) is 0 Å². The highest BCUT2D eigenvalue weighted by molar-refractivity contribution is 14.0. The average Bonchev–Trinajstić information content (AvgIpc) is 3.01. The Labute approximate surface area is 170 Å². The molecule has 138 valence electrons. The highest BCUT2D eigenvalue weighted by Gasteiger charge is 2.08. The van der Waals surface area contributed by atoms with Crippen molar-refractivity contribution in [1.82, 2.24) is 15.2 Å². The Kier molecular flexibility index (Phi) is 7.44. The molecule has 0 aliphatic carbocycles. The molecule has 6 heteroatoms. The van der Waals surface area contributed by atoms with Crippen LogP contribution in [0.1, 0.15) is 11.1 Å². The van der Waals surface area contributed by atoms with Gasteiger partial charge in [0, 0.05) is 44.3 Å². The van der Waals surface area contributed by atoms with Gasteiger partial charge in [-0.2, -0.15) is 0 Å². The predicted octanol–water partition coefficient (Wildman–Crippen LogP) is 4.17. The van der Waals surface area contributed by atoms with Gasteiger partial charge in [-0.1, -0.05) is 30.3 Å². The van der Waals surface area contributed by atoms with Crippen LogP contribution in [0.15, 0.2) is 59.7 Å². The van der Waals surface area contributed by atoms with Gasteiger partial charge in [0.05, 0.1) is 0 Å². The van der Waals surface area contributed by atoms with E-state index in [1.807, 2.05) is 31.4 Å². The highest BCUT2D eigenvalue weighted by Crippen LogP contribution is 2.19. The van der Waals surface area contributed by atoms with E-state index >= 15 is 0 Å². The second-order valence-corrected chi connectivity index (χ2v) is 6.07. The monoisotopic (exact) mass is 466 g/mol. The second kappa shape index (κ2) is 9.56. The Morgan fingerprint density at radius 3 is 2.69 bits per heavy atom. The number of nitrogens with one attached hydrogen (secondary N) is 2. The number of benzene rings is 2. The van der Waals surface area contributed by atoms with Crippen LogP contribution in [0.2, 0.25) is 0 Å². The van der Waals surface area contributed by atoms with Gasteiger partial charge in [0.2, 0.25) is 0 Å². The first kappa shape index (κ1) is 20.2. The van der Waals surface area contributed by atoms with E-state index in [0.29, 0.717) is 0 Å². The van der Waals surface area contributed by atoms with Crippen LogP contribution in [0.3, 0.4) is 0 Å². The second-order valence-electron chi connectivity index (χ2n) is 6.07. The zero-order valence-electron chi connectivity index (χ0n) is 15.0. The molecule has 0 amide bonds. The third kappa shape index (κ3) is 4.97. The third-order valence-corrected chi connectivity index (χ3v) is 4.24. The van der Waals surface area contributed by atoms with E-state index in [2.05, 4.69) is 32.3 Å². The molecular formula is C20H24FIN4. The van der Waals surface area contributed by atoms with E-state index in [0.717, 1.165) is 41.9 Å². The van der Waals surface area contributed by atoms with Crippen molar-refractivity contribution < 1.29 is 4.39 Å². The van der Waals surface area contributed by atoms with E-state index in [4.69, 9.17) is 0 Å². The standard InChI is InChI=1S/C20H23FN4.HI/c1-22-20(25(2)14-15-6-4-3-5-7-15)23-11-10-16-13-24-19-9-8-17(21)12-18(16)19;/h3-9,12-13,24H,10-11,14H2,1-2H3,(H,22,23);1H. The number of aliphatic imine (C=N–C) groups is 1. The van der Waals surface area contributed by atoms with Crippen LogP contribution in [0.5, 0.6) is 0 Å². The minimum absolute atomic E-state index is 0. The van der Waals surface area contributed by atoms with Crippen LogP contribution in [0.4, 0.5) is 4.39 Å². The fourth-order valence-electron chi connectivity index (χ4n) is 2.98. The van der Waals surface area contributed by atoms with Crippen molar-refractivity contribution in [3.63, 3.8) is 0 Å². The summed E-state index contributed by atoms with van der Waals surface area (Å²) in [7, 11) is 3.80. The number of guanidine groups is 1. The Balaban J connectivity index is 0.00000243. The summed E-state index contributed by atoms with van der Waals surface area (Å²) in [5, 5.41) is 4.31. The Morgan fingerprint density at radius 1 is 1.19 bits per heavy atom. The summed E-state index contributed by atoms with van der Waals surface area (Å²) in [6, 6.07) is 15.1. The topological polar surface area (TPSA) is 43.4 Å². The van der Waals surface area contributed by atoms with Gasteiger partial charge < -0.3 is 15.2 Å². The number of nitrogens with zero attached hydrogens (tertiary/aromatic N) is 2. The molecule has 0 aliphatic heterocycles. The van der Waals surface area contributed by atoms with Gasteiger partial charge in [-0.3, -0.25) is 4.99 Å². The maximum absolute atomic E-state index is 13.5. The van der Waals surface area contributed by atoms with E-state index in [9.17, 15) is 4.39 Å². The molecule has 0 saturated carbocycles. The highest BCUT2D eigenvalue weighted by atomic mass is 127. The maximum atomic E-state index is 13.5. The zero-order chi connectivity index (χ0) is 17.6. The minimum atomic E-state index is -0.209. The summed E-state index contributed by atoms with van der Waals surface area (Å²) in [4.78, 5) is 9.62. The van der Waals surface area contributed by atoms with Crippen LogP contribution >= 0.6 is 24.0 Å². The lowest BCUT2D eigenvalue weighted by Crippen LogP contribution is -2.39. The van der Waals surface area contributed by atoms with E-state index in [-0.39, 0.29) is 29.8 Å². The predicted molar refractivity (Wildman–Crippen MR) is 117 cm³/mol. The van der Waals surface area contributed by atoms with Gasteiger partial charge in [0.15, 0.2) is 5.96 Å². The lowest BCUT2D eigenvalue weighted by Gasteiger charge is -2.22. The van der Waals surface area contributed by atoms with Crippen molar-refractivity contribution in [2.45, 2.75) is 13.0 Å². The molecule has 1 aromatic heterocycles. The average molecular weight is 466 g/mol. The molecule has 3 aromatic rings. The third-order valence-electron chi connectivity index (χ3n) is 4.24. The molecular weight excluding hydrogens is 442 g/mol. The van der Waals surface area contributed by atoms with Gasteiger partial charge in [-0.15, -0.1) is 24.0 Å². The van der Waals surface area contributed by atoms with Crippen LogP contribution < -0.4 is 5.32 Å². The fraction of sp³-hybridized carbons (Fsp3) is 0.250. The lowest BCUT2D eigenvalue weighted by molar-refractivity contribution is 0.477. The van der Waals surface area contributed by atoms with Gasteiger partial charge in [-0.05, 0) is 35.7 Å². The fourth-order valence-corrected chi connectivity index (χ4v) is 2.98. The summed E-state index contributed by atoms with van der Waals surface area (Å²) in [5.41, 5.74) is 3.30. The summed E-state index contributed by atoms with van der Waals surface area (Å²) in [5.74, 6) is 0.634. The first-order chi connectivity index (χ1) is 12.2. The largest absolute Gasteiger partial charge is 0.361 e. The Bertz CT molecular complexity index is 861. The van der Waals surface area contributed by atoms with Crippen molar-refractivity contribution in [2.75, 3.05) is 20.6 Å². The molecule has 0 radical (unpaired) electrons. The summed E-state index contributed by atoms with van der Waals surface area (Å²) in [6.07, 6.45) is 2.74. The minimum Gasteiger partial charge on any atom is -0.361 e. The molecule has 0 unspecified atom stereocenters. The first-order valence-electron chi connectivity index (χ1n) is 8.38. The zero-order valence-corrected chi connectivity index (χ0v) is 17.3. The van der Waals surface area contributed by atoms with Crippen molar-refractivity contribution in [2.24, 2.45) is 4.99 Å². The number of rotatable bonds is 5. The SMILES string of the molecule is CN=C(NCCc1c[nH]c2ccc(F)cc12)N(C)Cc1ccccc1.I. The van der Waals surface area contributed by atoms with Crippen molar-refractivity contribution in [3.05, 3.63) is 71.7 Å². The molecule has 3 rings (SSSR count). The van der Waals surface area contributed by atoms with Crippen LogP contribution in [-0.4, -0.2) is 36.5 Å². The maximum Gasteiger partial charge on any atom is 0.193 e. The number of aromatic nitrogens is 1. The normalized spacial score (nSPS) is 11.3. The molecule has 0 saturated heterocycles. The van der Waals surface area contributed by atoms with Gasteiger partial charge in [-0.25, -0.2) is 4.39 Å². The van der Waals surface area contributed by atoms with E-state index in [1.54, 1.807) is 19.2 Å². The molecule has 4 nitrogen and oxygen atoms in total. The number of hydrogen-bond donors (Lipinski definition) is 2. The number of fused-ring (bicyclic) bond motifs is 1. The van der Waals surface area contributed by atoms with Gasteiger partial charge in [0.1, 0.15) is 5.82 Å². The first-order valence-corrected chi connectivity index (χ1v) is 8.38. The van der Waals surface area contributed by atoms with Gasteiger partial charge in [0.25, 0.3) is 0 Å². The summed E-state index contributed by atoms with van der Waals surface area (Å²) in [6.45, 7) is 1.52. The number of hydrogen-bond acceptors (Lipinski definition) is 1.